The van der Waals surface area contributed by atoms with Gasteiger partial charge in [0.15, 0.2) is 0 Å². The summed E-state index contributed by atoms with van der Waals surface area (Å²) in [5.74, 6) is -0.763. The molecular formula is C20H25N7O7. The molecule has 14 nitrogen and oxygen atoms in total. The van der Waals surface area contributed by atoms with Crippen molar-refractivity contribution in [3.05, 3.63) is 46.0 Å². The topological polar surface area (TPSA) is 195 Å². The van der Waals surface area contributed by atoms with Crippen LogP contribution in [0.2, 0.25) is 0 Å². The fourth-order valence-corrected chi connectivity index (χ4v) is 2.85. The molecule has 5 N–H and O–H groups in total. The van der Waals surface area contributed by atoms with Crippen LogP contribution in [0.15, 0.2) is 35.5 Å². The molecule has 0 fully saturated rings. The molecule has 1 aromatic heterocycles. The number of benzene rings is 1. The van der Waals surface area contributed by atoms with E-state index in [0.29, 0.717) is 11.3 Å². The zero-order valence-electron chi connectivity index (χ0n) is 18.8. The zero-order valence-corrected chi connectivity index (χ0v) is 18.8. The summed E-state index contributed by atoms with van der Waals surface area (Å²) in [4.78, 5) is 39.7. The predicted molar refractivity (Wildman–Crippen MR) is 125 cm³/mol. The van der Waals surface area contributed by atoms with Crippen molar-refractivity contribution in [3.63, 3.8) is 0 Å². The number of esters is 1. The van der Waals surface area contributed by atoms with E-state index in [1.807, 2.05) is 0 Å². The molecule has 1 heterocycles. The third-order valence-electron chi connectivity index (χ3n) is 4.46. The van der Waals surface area contributed by atoms with Crippen LogP contribution in [0.3, 0.4) is 0 Å². The Balaban J connectivity index is 2.14. The van der Waals surface area contributed by atoms with Crippen molar-refractivity contribution in [2.24, 2.45) is 5.16 Å². The third kappa shape index (κ3) is 6.69. The maximum Gasteiger partial charge on any atom is 0.412 e. The largest absolute Gasteiger partial charge is 0.465 e. The van der Waals surface area contributed by atoms with Gasteiger partial charge >= 0.3 is 17.7 Å². The maximum atomic E-state index is 11.6. The number of amides is 1. The van der Waals surface area contributed by atoms with Crippen LogP contribution in [-0.2, 0) is 9.47 Å². The summed E-state index contributed by atoms with van der Waals surface area (Å²) in [6, 6.07) is 7.68. The normalized spacial score (nSPS) is 10.9. The summed E-state index contributed by atoms with van der Waals surface area (Å²) in [6.45, 7) is 1.74. The van der Waals surface area contributed by atoms with Crippen molar-refractivity contribution in [2.75, 3.05) is 55.1 Å². The number of aromatic nitrogens is 1. The smallest absolute Gasteiger partial charge is 0.412 e. The molecule has 14 heteroatoms. The summed E-state index contributed by atoms with van der Waals surface area (Å²) in [5.41, 5.74) is 6.34. The minimum atomic E-state index is -0.799. The van der Waals surface area contributed by atoms with Gasteiger partial charge in [-0.1, -0.05) is 5.16 Å². The van der Waals surface area contributed by atoms with Crippen molar-refractivity contribution in [1.29, 1.82) is 0 Å². The van der Waals surface area contributed by atoms with Gasteiger partial charge in [0, 0.05) is 18.8 Å². The SMILES string of the molecule is CCOC(=O)Nc1cc(N)c([N+](=O)[O-])c(NCC(CN(C)c2ccc(C(=O)OC)cc2)=NO)n1. The highest BCUT2D eigenvalue weighted by atomic mass is 16.6. The second kappa shape index (κ2) is 11.8. The fourth-order valence-electron chi connectivity index (χ4n) is 2.85. The third-order valence-corrected chi connectivity index (χ3v) is 4.46. The van der Waals surface area contributed by atoms with Crippen molar-refractivity contribution in [1.82, 2.24) is 4.98 Å². The summed E-state index contributed by atoms with van der Waals surface area (Å²) in [5, 5.41) is 29.2. The van der Waals surface area contributed by atoms with Gasteiger partial charge in [-0.15, -0.1) is 0 Å². The lowest BCUT2D eigenvalue weighted by molar-refractivity contribution is -0.383. The number of carbonyl (C=O) groups excluding carboxylic acids is 2. The first-order valence-electron chi connectivity index (χ1n) is 9.92. The van der Waals surface area contributed by atoms with Gasteiger partial charge in [-0.25, -0.2) is 14.6 Å². The average Bonchev–Trinajstić information content (AvgIpc) is 2.80. The van der Waals surface area contributed by atoms with E-state index in [1.165, 1.54) is 7.11 Å². The number of rotatable bonds is 10. The van der Waals surface area contributed by atoms with Crippen LogP contribution in [-0.4, -0.2) is 66.7 Å². The first-order chi connectivity index (χ1) is 16.2. The second-order valence-electron chi connectivity index (χ2n) is 6.81. The lowest BCUT2D eigenvalue weighted by Gasteiger charge is -2.20. The van der Waals surface area contributed by atoms with Crippen LogP contribution >= 0.6 is 0 Å². The van der Waals surface area contributed by atoms with Gasteiger partial charge in [0.1, 0.15) is 11.5 Å². The number of oxime groups is 1. The molecule has 2 aromatic rings. The Morgan fingerprint density at radius 1 is 1.32 bits per heavy atom. The Bertz CT molecular complexity index is 1070. The molecule has 34 heavy (non-hydrogen) atoms. The number of hydrogen-bond donors (Lipinski definition) is 4. The molecule has 182 valence electrons. The lowest BCUT2D eigenvalue weighted by Crippen LogP contribution is -2.30. The molecule has 2 rings (SSSR count). The summed E-state index contributed by atoms with van der Waals surface area (Å²) < 4.78 is 9.43. The molecule has 0 spiro atoms. The van der Waals surface area contributed by atoms with Gasteiger partial charge in [0.25, 0.3) is 0 Å². The Labute approximate surface area is 194 Å². The van der Waals surface area contributed by atoms with E-state index >= 15 is 0 Å². The molecule has 0 aliphatic heterocycles. The van der Waals surface area contributed by atoms with Crippen LogP contribution in [0.25, 0.3) is 0 Å². The molecule has 0 aliphatic rings. The summed E-state index contributed by atoms with van der Waals surface area (Å²) in [6.07, 6.45) is -0.799. The van der Waals surface area contributed by atoms with E-state index in [4.69, 9.17) is 10.5 Å². The highest BCUT2D eigenvalue weighted by Gasteiger charge is 2.23. The number of nitrogen functional groups attached to an aromatic ring is 1. The number of methoxy groups -OCH3 is 1. The molecule has 1 aromatic carbocycles. The zero-order chi connectivity index (χ0) is 25.3. The quantitative estimate of drug-likeness (QED) is 0.129. The van der Waals surface area contributed by atoms with Gasteiger partial charge in [0.05, 0.1) is 43.0 Å². The fraction of sp³-hybridized carbons (Fsp3) is 0.300. The minimum Gasteiger partial charge on any atom is -0.465 e. The van der Waals surface area contributed by atoms with Crippen LogP contribution in [0.1, 0.15) is 17.3 Å². The van der Waals surface area contributed by atoms with Gasteiger partial charge in [-0.3, -0.25) is 15.4 Å². The van der Waals surface area contributed by atoms with E-state index in [2.05, 4.69) is 25.5 Å². The second-order valence-corrected chi connectivity index (χ2v) is 6.81. The molecule has 0 saturated heterocycles. The number of pyridine rings is 1. The first-order valence-corrected chi connectivity index (χ1v) is 9.92. The van der Waals surface area contributed by atoms with E-state index < -0.39 is 22.7 Å². The Morgan fingerprint density at radius 2 is 2.00 bits per heavy atom. The lowest BCUT2D eigenvalue weighted by atomic mass is 10.2. The molecule has 0 bridgehead atoms. The van der Waals surface area contributed by atoms with E-state index in [-0.39, 0.29) is 42.7 Å². The van der Waals surface area contributed by atoms with Gasteiger partial charge < -0.3 is 30.6 Å². The predicted octanol–water partition coefficient (Wildman–Crippen LogP) is 2.31. The van der Waals surface area contributed by atoms with Crippen LogP contribution in [0.4, 0.5) is 33.5 Å². The van der Waals surface area contributed by atoms with Crippen molar-refractivity contribution < 1.29 is 29.2 Å². The number of nitrogens with zero attached hydrogens (tertiary/aromatic N) is 4. The van der Waals surface area contributed by atoms with E-state index in [9.17, 15) is 24.9 Å². The number of ether oxygens (including phenoxy) is 2. The molecule has 1 amide bonds. The van der Waals surface area contributed by atoms with Gasteiger partial charge in [0.2, 0.25) is 5.82 Å². The van der Waals surface area contributed by atoms with Crippen LogP contribution < -0.4 is 21.3 Å². The maximum absolute atomic E-state index is 11.6. The van der Waals surface area contributed by atoms with Crippen LogP contribution in [0, 0.1) is 10.1 Å². The molecule has 0 unspecified atom stereocenters. The Kier molecular flexibility index (Phi) is 8.93. The van der Waals surface area contributed by atoms with Crippen molar-refractivity contribution in [2.45, 2.75) is 6.92 Å². The standard InChI is InChI=1S/C20H25N7O7/c1-4-34-20(29)24-16-9-15(21)17(27(31)32)18(23-16)22-10-13(25-30)11-26(2)14-7-5-12(6-8-14)19(28)33-3/h5-9,30H,4,10-11H2,1-3H3,(H4,21,22,23,24,29). The van der Waals surface area contributed by atoms with E-state index in [0.717, 1.165) is 6.07 Å². The summed E-state index contributed by atoms with van der Waals surface area (Å²) in [7, 11) is 3.01. The number of nitrogens with one attached hydrogen (secondary N) is 2. The molecule has 0 aliphatic carbocycles. The first kappa shape index (κ1) is 25.6. The number of nitrogens with two attached hydrogens (primary N) is 1. The Hall–Kier alpha value is -4.62. The Morgan fingerprint density at radius 3 is 2.56 bits per heavy atom. The number of anilines is 4. The number of carbonyl (C=O) groups is 2. The highest BCUT2D eigenvalue weighted by molar-refractivity contribution is 5.93. The molecule has 0 atom stereocenters. The molecule has 0 saturated carbocycles. The number of hydrogen-bond acceptors (Lipinski definition) is 12. The number of nitro groups is 1. The van der Waals surface area contributed by atoms with Crippen molar-refractivity contribution in [3.8, 4) is 0 Å². The molecule has 0 radical (unpaired) electrons. The minimum absolute atomic E-state index is 0.0608. The average molecular weight is 475 g/mol. The summed E-state index contributed by atoms with van der Waals surface area (Å²) >= 11 is 0. The van der Waals surface area contributed by atoms with Gasteiger partial charge in [-0.2, -0.15) is 0 Å². The monoisotopic (exact) mass is 475 g/mol. The van der Waals surface area contributed by atoms with Crippen LogP contribution in [0.5, 0.6) is 0 Å². The van der Waals surface area contributed by atoms with Crippen molar-refractivity contribution >= 4 is 46.5 Å². The van der Waals surface area contributed by atoms with Gasteiger partial charge in [-0.05, 0) is 31.2 Å². The molecular weight excluding hydrogens is 450 g/mol. The van der Waals surface area contributed by atoms with E-state index in [1.54, 1.807) is 43.1 Å². The highest BCUT2D eigenvalue weighted by Crippen LogP contribution is 2.31.